The van der Waals surface area contributed by atoms with E-state index in [1.165, 1.54) is 121 Å². The summed E-state index contributed by atoms with van der Waals surface area (Å²) >= 11 is 0. The third-order valence-corrected chi connectivity index (χ3v) is 24.7. The van der Waals surface area contributed by atoms with Gasteiger partial charge in [-0.15, -0.1) is 102 Å². The fourth-order valence-corrected chi connectivity index (χ4v) is 18.2. The summed E-state index contributed by atoms with van der Waals surface area (Å²) in [6, 6.07) is 132. The zero-order valence-corrected chi connectivity index (χ0v) is 121. The Morgan fingerprint density at radius 2 is 0.357 bits per heavy atom. The molecule has 0 unspecified atom stereocenters. The van der Waals surface area contributed by atoms with Crippen LogP contribution in [0.25, 0.3) is 75.4 Å². The monoisotopic (exact) mass is 5030 g/mol. The fourth-order valence-electron chi connectivity index (χ4n) is 18.2. The average Bonchev–Trinajstić information content (AvgIpc) is 1.59. The van der Waals surface area contributed by atoms with E-state index in [0.29, 0.717) is 11.8 Å². The normalized spacial score (nSPS) is 12.6. The smallest absolute Gasteiger partial charge is 0.0351 e. The maximum Gasteiger partial charge on any atom is 0.0351 e. The number of hydrogen-bond acceptors (Lipinski definition) is 12. The molecule has 140 heavy (non-hydrogen) atoms. The topological polar surface area (TPSA) is 38.9 Å². The predicted molar refractivity (Wildman–Crippen MR) is 515 cm³/mol. The van der Waals surface area contributed by atoms with E-state index < -0.39 is 0 Å². The summed E-state index contributed by atoms with van der Waals surface area (Å²) < 4.78 is 0. The van der Waals surface area contributed by atoms with Gasteiger partial charge in [0, 0.05) is 436 Å². The van der Waals surface area contributed by atoms with Crippen molar-refractivity contribution in [2.24, 2.45) is 0 Å². The maximum absolute atomic E-state index is 3.83. The van der Waals surface area contributed by atoms with Crippen molar-refractivity contribution in [1.29, 1.82) is 0 Å². The Balaban J connectivity index is 0.000000413. The molecule has 0 atom stereocenters. The number of hydrogen-bond donors (Lipinski definition) is 0. The van der Waals surface area contributed by atoms with Crippen LogP contribution in [-0.2, 0) is 356 Å². The molecular weight excluding hydrogens is 4910 g/mol. The molecule has 0 radical (unpaired) electrons. The molecule has 0 fully saturated rings. The molecule has 6 aliphatic heterocycles. The molecule has 0 N–H and O–H groups in total. The van der Waals surface area contributed by atoms with Crippen molar-refractivity contribution >= 4 is 189 Å². The molecule has 12 nitrogen and oxygen atoms in total. The maximum atomic E-state index is 3.83. The molecule has 30 heteroatoms. The van der Waals surface area contributed by atoms with Crippen LogP contribution < -0.4 is 58.8 Å². The minimum Gasteiger partial charge on any atom is -0.504 e. The third-order valence-electron chi connectivity index (χ3n) is 24.7. The first-order chi connectivity index (χ1) is 59.7. The van der Waals surface area contributed by atoms with Gasteiger partial charge in [0.1, 0.15) is 0 Å². The number of anilines is 20. The Morgan fingerprint density at radius 1 is 0.164 bits per heavy atom. The van der Waals surface area contributed by atoms with Crippen molar-refractivity contribution in [3.63, 3.8) is 0 Å². The fraction of sp³-hybridized carbons (Fsp3) is 0.0909. The van der Waals surface area contributed by atoms with E-state index >= 15 is 0 Å². The van der Waals surface area contributed by atoms with E-state index in [4.69, 9.17) is 0 Å². The first kappa shape index (κ1) is 129. The Hall–Kier alpha value is -3.17. The molecule has 0 saturated heterocycles. The minimum absolute atomic E-state index is 0. The van der Waals surface area contributed by atoms with Gasteiger partial charge in [-0.25, -0.2) is 0 Å². The van der Waals surface area contributed by atoms with Crippen LogP contribution in [0.3, 0.4) is 0 Å². The van der Waals surface area contributed by atoms with E-state index in [0.717, 1.165) is 79.6 Å². The van der Waals surface area contributed by atoms with Crippen molar-refractivity contribution in [1.82, 2.24) is 0 Å². The number of benzene rings is 18. The summed E-state index contributed by atoms with van der Waals surface area (Å²) in [6.45, 7) is 22.1. The van der Waals surface area contributed by atoms with E-state index in [-0.39, 0.29) is 356 Å². The van der Waals surface area contributed by atoms with Crippen LogP contribution in [0.5, 0.6) is 0 Å². The summed E-state index contributed by atoms with van der Waals surface area (Å²) in [7, 11) is 8.45. The SMILES string of the molecule is CC(C)c1cc(N2[CH-]N(C)c3ccccc32)[c-]c(N2[CH-]N(C)c3cc4cc5ccccc5cc4cc32)c1.CC(C)c1cc(N2[CH-]N(c3ccccc3)c3ccccc32)[c-]c(N2[CH-]N(c3ccccc3)c3cc4ccccc4cc32)c1.CN1[CH-]N(c2[c-]c(N3[CH-]N(C)c4cc5cc6ccccc6cc5cc43)ccc2)c2cc3cc4ccccc4cc3cc21.[Os].[Os].[Os].[Os].[Os].[Os].[Os].[Os].[Os].[Os].[Os].[Os].[Os].[Os].[Os].[Os].[Os].[Os]. The summed E-state index contributed by atoms with van der Waals surface area (Å²) in [4.78, 5) is 26.9. The predicted octanol–water partition coefficient (Wildman–Crippen LogP) is 28.4. The van der Waals surface area contributed by atoms with Crippen molar-refractivity contribution < 1.29 is 356 Å². The zero-order chi connectivity index (χ0) is 82.1. The molecule has 24 rings (SSSR count). The zero-order valence-electron chi connectivity index (χ0n) is 75.6. The summed E-state index contributed by atoms with van der Waals surface area (Å²) in [5.41, 5.74) is 25.0. The number of nitrogens with zero attached hydrogens (tertiary/aromatic N) is 12. The number of rotatable bonds is 10. The largest absolute Gasteiger partial charge is 0.504 e. The molecule has 0 aromatic heterocycles. The van der Waals surface area contributed by atoms with Crippen LogP contribution in [0.2, 0.25) is 0 Å². The van der Waals surface area contributed by atoms with Gasteiger partial charge in [0.15, 0.2) is 0 Å². The first-order valence-corrected chi connectivity index (χ1v) is 41.9. The van der Waals surface area contributed by atoms with Crippen LogP contribution in [0, 0.1) is 58.2 Å². The quantitative estimate of drug-likeness (QED) is 0.0967. The van der Waals surface area contributed by atoms with Crippen molar-refractivity contribution in [2.45, 2.75) is 39.5 Å². The molecule has 0 saturated carbocycles. The number of para-hydroxylation sites is 6. The van der Waals surface area contributed by atoms with Gasteiger partial charge in [-0.05, 0) is 249 Å². The molecule has 740 valence electrons. The molecule has 6 aliphatic rings. The van der Waals surface area contributed by atoms with Crippen LogP contribution in [0.15, 0.2) is 334 Å². The van der Waals surface area contributed by atoms with Gasteiger partial charge in [-0.2, -0.15) is 43.9 Å². The van der Waals surface area contributed by atoms with E-state index in [2.05, 4.69) is 507 Å². The Labute approximate surface area is 1060 Å². The van der Waals surface area contributed by atoms with Crippen molar-refractivity contribution in [2.75, 3.05) is 87.0 Å². The standard InChI is InChI=1S/C39H31N4.C38H27N4.C33H29N4.18Os/c1-28(2)31-21-34(42-26-40(32-15-5-3-6-16-32)36-19-11-12-20-37(36)42)25-35(22-31)43-27-41(33-17-7-4-8-18-33)38-23-29-13-9-10-14-30(29)24-39(38)43;1-39-23-41(37-20-31-16-27-10-5-3-8-25(27)14-29(31)18-35(37)39)33-12-7-13-34(22-33)42-24-40(2)36-19-30-15-26-9-4-6-11-28(26)17-32(30)21-38(36)42;1-22(2)25-15-28(36-20-34(3)30-11-7-8-12-31(30)36)19-29(16-25)37-21-35(4)32-17-26-13-23-9-5-6-10-24(23)14-27(26)18-33(32)37;;;;;;;;;;;;;;;;;;/h3-24,26-28H,1-2H3;3-21,23-24H,1-2H3;5-18,20-22H,1-4H3;;;;;;;;;;;;;;;;;;/q3*-3;;;;;;;;;;;;;;;;;;. The summed E-state index contributed by atoms with van der Waals surface area (Å²) in [5, 5.41) is 17.5. The Kier molecular flexibility index (Phi) is 51.2. The van der Waals surface area contributed by atoms with Crippen LogP contribution >= 0.6 is 0 Å². The molecule has 0 bridgehead atoms. The summed E-state index contributed by atoms with van der Waals surface area (Å²) in [5.74, 6) is 0.740. The van der Waals surface area contributed by atoms with Crippen LogP contribution in [0.4, 0.5) is 114 Å². The van der Waals surface area contributed by atoms with Gasteiger partial charge in [-0.3, -0.25) is 0 Å². The average molecular weight is 5000 g/mol. The Morgan fingerprint density at radius 3 is 0.664 bits per heavy atom. The number of fused-ring (bicyclic) bond motifs is 13. The van der Waals surface area contributed by atoms with Crippen molar-refractivity contribution in [3.8, 4) is 0 Å². The second-order valence-corrected chi connectivity index (χ2v) is 33.2. The third kappa shape index (κ3) is 25.3. The molecule has 18 aromatic rings. The molecule has 0 amide bonds. The minimum atomic E-state index is 0. The van der Waals surface area contributed by atoms with E-state index in [1.807, 2.05) is 0 Å². The second kappa shape index (κ2) is 55.6. The van der Waals surface area contributed by atoms with Gasteiger partial charge >= 0.3 is 0 Å². The van der Waals surface area contributed by atoms with Crippen molar-refractivity contribution in [3.05, 3.63) is 403 Å². The van der Waals surface area contributed by atoms with E-state index in [9.17, 15) is 0 Å². The molecule has 0 spiro atoms. The van der Waals surface area contributed by atoms with Gasteiger partial charge in [-0.1, -0.05) is 185 Å². The van der Waals surface area contributed by atoms with Gasteiger partial charge in [0.05, 0.1) is 0 Å². The molecule has 0 aliphatic carbocycles. The van der Waals surface area contributed by atoms with Crippen LogP contribution in [-0.4, -0.2) is 28.2 Å². The molecule has 18 aromatic carbocycles. The van der Waals surface area contributed by atoms with Gasteiger partial charge in [0.2, 0.25) is 0 Å². The van der Waals surface area contributed by atoms with Gasteiger partial charge in [0.25, 0.3) is 0 Å². The Bertz CT molecular complexity index is 7090. The molecular formula is C110H87N12Os18-9. The summed E-state index contributed by atoms with van der Waals surface area (Å²) in [6.07, 6.45) is 0. The first-order valence-electron chi connectivity index (χ1n) is 41.9. The second-order valence-electron chi connectivity index (χ2n) is 33.2. The van der Waals surface area contributed by atoms with Gasteiger partial charge < -0.3 is 58.8 Å². The van der Waals surface area contributed by atoms with Crippen LogP contribution in [0.1, 0.15) is 50.7 Å². The van der Waals surface area contributed by atoms with E-state index in [1.54, 1.807) is 0 Å². The molecule has 6 heterocycles.